The van der Waals surface area contributed by atoms with Crippen LogP contribution in [0.15, 0.2) is 9.52 Å². The first-order valence-corrected chi connectivity index (χ1v) is 6.14. The highest BCUT2D eigenvalue weighted by molar-refractivity contribution is 9.09. The first kappa shape index (κ1) is 12.2. The summed E-state index contributed by atoms with van der Waals surface area (Å²) in [5.74, 6) is 0. The van der Waals surface area contributed by atoms with Gasteiger partial charge in [-0.15, -0.1) is 0 Å². The van der Waals surface area contributed by atoms with E-state index in [0.717, 1.165) is 6.42 Å². The summed E-state index contributed by atoms with van der Waals surface area (Å²) in [6.45, 7) is 6.43. The largest absolute Gasteiger partial charge is 0.121 e. The molecule has 0 nitrogen and oxygen atoms in total. The molecule has 0 amide bonds. The predicted molar refractivity (Wildman–Crippen MR) is 63.8 cm³/mol. The van der Waals surface area contributed by atoms with Gasteiger partial charge in [0.05, 0.1) is 5.03 Å². The second kappa shape index (κ2) is 3.59. The van der Waals surface area contributed by atoms with E-state index in [1.54, 1.807) is 0 Å². The molecule has 0 spiro atoms. The Balaban J connectivity index is 3.07. The molecular weight excluding hydrogens is 294 g/mol. The topological polar surface area (TPSA) is 0 Å². The lowest BCUT2D eigenvalue weighted by Gasteiger charge is -2.58. The summed E-state index contributed by atoms with van der Waals surface area (Å²) >= 11 is 21.1. The minimum Gasteiger partial charge on any atom is -0.0880 e. The Bertz CT molecular complexity index is 256. The third-order valence-corrected chi connectivity index (χ3v) is 5.74. The van der Waals surface area contributed by atoms with Crippen LogP contribution in [0.3, 0.4) is 0 Å². The SMILES string of the molecule is CC1(C)CC(Br)C1(C)C(Cl)=C(Cl)Cl. The molecular formula is C9H12BrCl3. The fraction of sp³-hybridized carbons (Fsp3) is 0.778. The van der Waals surface area contributed by atoms with Crippen molar-refractivity contribution in [2.75, 3.05) is 0 Å². The molecule has 0 aromatic carbocycles. The van der Waals surface area contributed by atoms with Crippen LogP contribution in [0, 0.1) is 10.8 Å². The lowest BCUT2D eigenvalue weighted by Crippen LogP contribution is -2.54. The Labute approximate surface area is 103 Å². The van der Waals surface area contributed by atoms with Gasteiger partial charge >= 0.3 is 0 Å². The van der Waals surface area contributed by atoms with Gasteiger partial charge < -0.3 is 0 Å². The minimum absolute atomic E-state index is 0.145. The van der Waals surface area contributed by atoms with Crippen LogP contribution in [-0.4, -0.2) is 4.83 Å². The molecule has 76 valence electrons. The van der Waals surface area contributed by atoms with E-state index in [-0.39, 0.29) is 15.3 Å². The Hall–Kier alpha value is 1.09. The molecule has 1 fully saturated rings. The van der Waals surface area contributed by atoms with E-state index in [1.165, 1.54) is 0 Å². The molecule has 0 heterocycles. The van der Waals surface area contributed by atoms with E-state index < -0.39 is 0 Å². The van der Waals surface area contributed by atoms with E-state index in [0.29, 0.717) is 9.86 Å². The summed E-state index contributed by atoms with van der Waals surface area (Å²) in [5.41, 5.74) is 0.000664. The van der Waals surface area contributed by atoms with Crippen molar-refractivity contribution >= 4 is 50.7 Å². The maximum absolute atomic E-state index is 6.12. The maximum atomic E-state index is 6.12. The molecule has 0 radical (unpaired) electrons. The molecule has 0 aromatic heterocycles. The van der Waals surface area contributed by atoms with Gasteiger partial charge in [-0.2, -0.15) is 0 Å². The molecule has 1 saturated carbocycles. The smallest absolute Gasteiger partial charge is 0.0880 e. The van der Waals surface area contributed by atoms with Crippen molar-refractivity contribution in [3.05, 3.63) is 9.52 Å². The third kappa shape index (κ3) is 1.67. The summed E-state index contributed by atoms with van der Waals surface area (Å²) in [6, 6.07) is 0. The molecule has 0 aliphatic heterocycles. The zero-order valence-corrected chi connectivity index (χ0v) is 11.7. The molecule has 0 N–H and O–H groups in total. The Morgan fingerprint density at radius 1 is 1.23 bits per heavy atom. The van der Waals surface area contributed by atoms with E-state index in [4.69, 9.17) is 34.8 Å². The number of allylic oxidation sites excluding steroid dienone is 1. The first-order chi connectivity index (χ1) is 5.73. The van der Waals surface area contributed by atoms with Gasteiger partial charge in [-0.05, 0) is 11.8 Å². The average molecular weight is 306 g/mol. The first-order valence-electron chi connectivity index (χ1n) is 4.09. The number of halogens is 4. The van der Waals surface area contributed by atoms with Crippen molar-refractivity contribution in [3.8, 4) is 0 Å². The van der Waals surface area contributed by atoms with Crippen LogP contribution in [0.5, 0.6) is 0 Å². The summed E-state index contributed by atoms with van der Waals surface area (Å²) in [5, 5.41) is 0.564. The van der Waals surface area contributed by atoms with Crippen LogP contribution in [-0.2, 0) is 0 Å². The highest BCUT2D eigenvalue weighted by Crippen LogP contribution is 2.64. The Morgan fingerprint density at radius 3 is 1.85 bits per heavy atom. The number of rotatable bonds is 1. The van der Waals surface area contributed by atoms with Crippen LogP contribution in [0.1, 0.15) is 27.2 Å². The minimum atomic E-state index is -0.145. The zero-order chi connectivity index (χ0) is 10.4. The second-order valence-electron chi connectivity index (χ2n) is 4.33. The molecule has 2 atom stereocenters. The quantitative estimate of drug-likeness (QED) is 0.593. The normalized spacial score (nSPS) is 36.7. The summed E-state index contributed by atoms with van der Waals surface area (Å²) < 4.78 is 0.182. The summed E-state index contributed by atoms with van der Waals surface area (Å²) in [4.78, 5) is 0.356. The average Bonchev–Trinajstić information content (AvgIpc) is 2.00. The lowest BCUT2D eigenvalue weighted by atomic mass is 9.52. The van der Waals surface area contributed by atoms with Crippen molar-refractivity contribution < 1.29 is 0 Å². The molecule has 1 aliphatic carbocycles. The van der Waals surface area contributed by atoms with E-state index in [2.05, 4.69) is 36.7 Å². The lowest BCUT2D eigenvalue weighted by molar-refractivity contribution is 0.0216. The summed E-state index contributed by atoms with van der Waals surface area (Å²) in [6.07, 6.45) is 1.08. The number of hydrogen-bond donors (Lipinski definition) is 0. The molecule has 13 heavy (non-hydrogen) atoms. The van der Waals surface area contributed by atoms with Crippen molar-refractivity contribution in [1.82, 2.24) is 0 Å². The van der Waals surface area contributed by atoms with Crippen molar-refractivity contribution in [2.45, 2.75) is 32.0 Å². The molecule has 0 bridgehead atoms. The van der Waals surface area contributed by atoms with Gasteiger partial charge in [0, 0.05) is 10.2 Å². The van der Waals surface area contributed by atoms with Gasteiger partial charge in [-0.1, -0.05) is 71.5 Å². The molecule has 0 saturated heterocycles. The van der Waals surface area contributed by atoms with Crippen LogP contribution < -0.4 is 0 Å². The van der Waals surface area contributed by atoms with Gasteiger partial charge in [-0.25, -0.2) is 0 Å². The van der Waals surface area contributed by atoms with Gasteiger partial charge in [0.2, 0.25) is 0 Å². The molecule has 0 aromatic rings. The van der Waals surface area contributed by atoms with Gasteiger partial charge in [0.25, 0.3) is 0 Å². The van der Waals surface area contributed by atoms with Crippen molar-refractivity contribution in [3.63, 3.8) is 0 Å². The second-order valence-corrected chi connectivity index (χ2v) is 6.76. The number of hydrogen-bond acceptors (Lipinski definition) is 0. The van der Waals surface area contributed by atoms with Crippen molar-refractivity contribution in [1.29, 1.82) is 0 Å². The van der Waals surface area contributed by atoms with Gasteiger partial charge in [0.1, 0.15) is 4.49 Å². The van der Waals surface area contributed by atoms with Crippen LogP contribution in [0.25, 0.3) is 0 Å². The third-order valence-electron chi connectivity index (χ3n) is 3.34. The monoisotopic (exact) mass is 304 g/mol. The number of alkyl halides is 1. The predicted octanol–water partition coefficient (Wildman–Crippen LogP) is 5.07. The maximum Gasteiger partial charge on any atom is 0.121 e. The van der Waals surface area contributed by atoms with Gasteiger partial charge in [-0.3, -0.25) is 0 Å². The molecule has 4 heteroatoms. The Kier molecular flexibility index (Phi) is 3.36. The standard InChI is InChI=1S/C9H12BrCl3/c1-8(2)4-5(10)9(8,3)6(11)7(12)13/h5H,4H2,1-3H3. The fourth-order valence-electron chi connectivity index (χ4n) is 1.79. The molecule has 1 rings (SSSR count). The van der Waals surface area contributed by atoms with Crippen molar-refractivity contribution in [2.24, 2.45) is 10.8 Å². The fourth-order valence-corrected chi connectivity index (χ4v) is 4.36. The Morgan fingerprint density at radius 2 is 1.69 bits per heavy atom. The van der Waals surface area contributed by atoms with E-state index >= 15 is 0 Å². The van der Waals surface area contributed by atoms with Gasteiger partial charge in [0.15, 0.2) is 0 Å². The van der Waals surface area contributed by atoms with Crippen LogP contribution in [0.4, 0.5) is 0 Å². The molecule has 2 unspecified atom stereocenters. The van der Waals surface area contributed by atoms with E-state index in [1.807, 2.05) is 0 Å². The zero-order valence-electron chi connectivity index (χ0n) is 7.80. The summed E-state index contributed by atoms with van der Waals surface area (Å²) in [7, 11) is 0. The molecule has 1 aliphatic rings. The highest BCUT2D eigenvalue weighted by Gasteiger charge is 2.58. The van der Waals surface area contributed by atoms with Crippen LogP contribution >= 0.6 is 50.7 Å². The van der Waals surface area contributed by atoms with E-state index in [9.17, 15) is 0 Å². The van der Waals surface area contributed by atoms with Crippen LogP contribution in [0.2, 0.25) is 0 Å². The highest BCUT2D eigenvalue weighted by atomic mass is 79.9.